The number of ether oxygens (including phenoxy) is 1. The minimum absolute atomic E-state index is 0. The minimum Gasteiger partial charge on any atom is -0.383 e. The molecule has 1 heterocycles. The highest BCUT2D eigenvalue weighted by Gasteiger charge is 2.35. The molecule has 0 aromatic carbocycles. The maximum Gasteiger partial charge on any atom is 0.225 e. The van der Waals surface area contributed by atoms with Crippen molar-refractivity contribution in [3.8, 4) is 0 Å². The molecular weight excluding hydrogens is 282 g/mol. The first-order chi connectivity index (χ1) is 9.11. The molecule has 0 aromatic heterocycles. The zero-order chi connectivity index (χ0) is 13.8. The van der Waals surface area contributed by atoms with E-state index in [0.717, 1.165) is 0 Å². The van der Waals surface area contributed by atoms with Crippen LogP contribution in [0.1, 0.15) is 19.3 Å². The van der Waals surface area contributed by atoms with Gasteiger partial charge in [-0.2, -0.15) is 0 Å². The molecule has 3 N–H and O–H groups in total. The van der Waals surface area contributed by atoms with Gasteiger partial charge in [0.15, 0.2) is 0 Å². The van der Waals surface area contributed by atoms with Crippen molar-refractivity contribution in [2.45, 2.75) is 25.3 Å². The van der Waals surface area contributed by atoms with Gasteiger partial charge in [-0.05, 0) is 18.8 Å². The van der Waals surface area contributed by atoms with Crippen molar-refractivity contribution < 1.29 is 14.3 Å². The quantitative estimate of drug-likeness (QED) is 0.680. The molecule has 20 heavy (non-hydrogen) atoms. The van der Waals surface area contributed by atoms with E-state index < -0.39 is 0 Å². The molecular formula is C13H24ClN3O3. The molecule has 6 nitrogen and oxygen atoms in total. The Bertz CT molecular complexity index is 350. The predicted molar refractivity (Wildman–Crippen MR) is 77.5 cm³/mol. The largest absolute Gasteiger partial charge is 0.383 e. The lowest BCUT2D eigenvalue weighted by atomic mass is 10.1. The molecule has 0 bridgehead atoms. The molecule has 1 saturated heterocycles. The van der Waals surface area contributed by atoms with E-state index in [1.165, 1.54) is 12.8 Å². The second-order valence-corrected chi connectivity index (χ2v) is 5.48. The van der Waals surface area contributed by atoms with E-state index in [1.807, 2.05) is 0 Å². The van der Waals surface area contributed by atoms with Gasteiger partial charge < -0.3 is 20.7 Å². The summed E-state index contributed by atoms with van der Waals surface area (Å²) < 4.78 is 4.95. The molecule has 1 aliphatic carbocycles. The molecule has 0 spiro atoms. The Morgan fingerprint density at radius 3 is 2.85 bits per heavy atom. The number of rotatable bonds is 7. The van der Waals surface area contributed by atoms with Gasteiger partial charge in [-0.25, -0.2) is 0 Å². The topological polar surface area (TPSA) is 84.7 Å². The van der Waals surface area contributed by atoms with Crippen molar-refractivity contribution in [2.75, 3.05) is 33.4 Å². The Morgan fingerprint density at radius 1 is 1.55 bits per heavy atom. The van der Waals surface area contributed by atoms with Gasteiger partial charge in [-0.1, -0.05) is 0 Å². The molecule has 2 unspecified atom stereocenters. The number of nitrogens with two attached hydrogens (primary N) is 1. The number of amides is 2. The Balaban J connectivity index is 0.00000200. The van der Waals surface area contributed by atoms with Crippen LogP contribution in [-0.4, -0.2) is 56.1 Å². The molecule has 2 atom stereocenters. The summed E-state index contributed by atoms with van der Waals surface area (Å²) in [7, 11) is 1.60. The van der Waals surface area contributed by atoms with E-state index >= 15 is 0 Å². The van der Waals surface area contributed by atoms with Crippen LogP contribution in [0, 0.1) is 11.8 Å². The summed E-state index contributed by atoms with van der Waals surface area (Å²) in [5.41, 5.74) is 5.94. The van der Waals surface area contributed by atoms with Gasteiger partial charge in [0.25, 0.3) is 0 Å². The van der Waals surface area contributed by atoms with Gasteiger partial charge in [-0.3, -0.25) is 9.59 Å². The van der Waals surface area contributed by atoms with Gasteiger partial charge in [0, 0.05) is 39.2 Å². The summed E-state index contributed by atoms with van der Waals surface area (Å²) in [4.78, 5) is 25.4. The van der Waals surface area contributed by atoms with Crippen LogP contribution in [0.2, 0.25) is 0 Å². The Kier molecular flexibility index (Phi) is 6.71. The van der Waals surface area contributed by atoms with Crippen LogP contribution in [0.4, 0.5) is 0 Å². The van der Waals surface area contributed by atoms with Crippen molar-refractivity contribution in [3.63, 3.8) is 0 Å². The molecule has 7 heteroatoms. The van der Waals surface area contributed by atoms with Crippen LogP contribution in [0.5, 0.6) is 0 Å². The predicted octanol–water partition coefficient (Wildman–Crippen LogP) is -0.243. The van der Waals surface area contributed by atoms with E-state index in [4.69, 9.17) is 10.5 Å². The first-order valence-electron chi connectivity index (χ1n) is 6.91. The zero-order valence-electron chi connectivity index (χ0n) is 11.8. The number of halogens is 1. The van der Waals surface area contributed by atoms with Crippen LogP contribution in [0.25, 0.3) is 0 Å². The Hall–Kier alpha value is -0.850. The number of carbonyl (C=O) groups excluding carboxylic acids is 2. The number of carbonyl (C=O) groups is 2. The maximum atomic E-state index is 12.0. The highest BCUT2D eigenvalue weighted by molar-refractivity contribution is 5.89. The van der Waals surface area contributed by atoms with E-state index in [9.17, 15) is 9.59 Å². The van der Waals surface area contributed by atoms with E-state index in [0.29, 0.717) is 38.6 Å². The molecule has 1 saturated carbocycles. The molecule has 2 fully saturated rings. The highest BCUT2D eigenvalue weighted by atomic mass is 35.5. The lowest BCUT2D eigenvalue weighted by Crippen LogP contribution is -2.41. The second kappa shape index (κ2) is 7.81. The van der Waals surface area contributed by atoms with Gasteiger partial charge in [0.1, 0.15) is 0 Å². The molecule has 2 aliphatic rings. The number of likely N-dealkylation sites (tertiary alicyclic amines) is 1. The fourth-order valence-corrected chi connectivity index (χ4v) is 2.42. The smallest absolute Gasteiger partial charge is 0.225 e. The first kappa shape index (κ1) is 17.2. The van der Waals surface area contributed by atoms with Crippen molar-refractivity contribution in [3.05, 3.63) is 0 Å². The standard InChI is InChI=1S/C13H23N3O3.ClH/c1-19-5-4-16-8-10(6-12(16)17)13(18)15-7-11(14)9-2-3-9;/h9-11H,2-8,14H2,1H3,(H,15,18);1H. The normalized spacial score (nSPS) is 23.4. The van der Waals surface area contributed by atoms with Gasteiger partial charge in [0.05, 0.1) is 12.5 Å². The van der Waals surface area contributed by atoms with E-state index in [1.54, 1.807) is 12.0 Å². The Morgan fingerprint density at radius 2 is 2.25 bits per heavy atom. The third kappa shape index (κ3) is 4.61. The Labute approximate surface area is 125 Å². The first-order valence-corrected chi connectivity index (χ1v) is 6.91. The van der Waals surface area contributed by atoms with Crippen molar-refractivity contribution in [1.29, 1.82) is 0 Å². The monoisotopic (exact) mass is 305 g/mol. The lowest BCUT2D eigenvalue weighted by molar-refractivity contribution is -0.129. The molecule has 116 valence electrons. The average Bonchev–Trinajstić information content (AvgIpc) is 3.18. The summed E-state index contributed by atoms with van der Waals surface area (Å²) in [6, 6.07) is 0.0608. The molecule has 0 aromatic rings. The van der Waals surface area contributed by atoms with E-state index in [-0.39, 0.29) is 36.2 Å². The minimum atomic E-state index is -0.240. The second-order valence-electron chi connectivity index (χ2n) is 5.48. The number of nitrogens with zero attached hydrogens (tertiary/aromatic N) is 1. The number of nitrogens with one attached hydrogen (secondary N) is 1. The SMILES string of the molecule is COCCN1CC(C(=O)NCC(N)C2CC2)CC1=O.Cl. The lowest BCUT2D eigenvalue weighted by Gasteiger charge is -2.16. The summed E-state index contributed by atoms with van der Waals surface area (Å²) in [6.07, 6.45) is 2.64. The molecule has 2 amide bonds. The van der Waals surface area contributed by atoms with Gasteiger partial charge in [-0.15, -0.1) is 12.4 Å². The van der Waals surface area contributed by atoms with Crippen LogP contribution in [0.3, 0.4) is 0 Å². The molecule has 0 radical (unpaired) electrons. The number of hydrogen-bond donors (Lipinski definition) is 2. The number of hydrogen-bond acceptors (Lipinski definition) is 4. The van der Waals surface area contributed by atoms with Gasteiger partial charge >= 0.3 is 0 Å². The summed E-state index contributed by atoms with van der Waals surface area (Å²) >= 11 is 0. The highest BCUT2D eigenvalue weighted by Crippen LogP contribution is 2.31. The fourth-order valence-electron chi connectivity index (χ4n) is 2.42. The molecule has 2 rings (SSSR count). The summed E-state index contributed by atoms with van der Waals surface area (Å²) in [5.74, 6) is 0.313. The summed E-state index contributed by atoms with van der Waals surface area (Å²) in [5, 5.41) is 2.87. The summed E-state index contributed by atoms with van der Waals surface area (Å²) in [6.45, 7) is 2.08. The number of methoxy groups -OCH3 is 1. The van der Waals surface area contributed by atoms with Crippen molar-refractivity contribution >= 4 is 24.2 Å². The van der Waals surface area contributed by atoms with Crippen LogP contribution >= 0.6 is 12.4 Å². The van der Waals surface area contributed by atoms with Crippen LogP contribution < -0.4 is 11.1 Å². The third-order valence-electron chi connectivity index (χ3n) is 3.89. The van der Waals surface area contributed by atoms with Crippen LogP contribution in [-0.2, 0) is 14.3 Å². The van der Waals surface area contributed by atoms with Gasteiger partial charge in [0.2, 0.25) is 11.8 Å². The van der Waals surface area contributed by atoms with Crippen molar-refractivity contribution in [2.24, 2.45) is 17.6 Å². The van der Waals surface area contributed by atoms with E-state index in [2.05, 4.69) is 5.32 Å². The maximum absolute atomic E-state index is 12.0. The van der Waals surface area contributed by atoms with Crippen LogP contribution in [0.15, 0.2) is 0 Å². The average molecular weight is 306 g/mol. The molecule has 1 aliphatic heterocycles. The van der Waals surface area contributed by atoms with Crippen molar-refractivity contribution in [1.82, 2.24) is 10.2 Å². The fraction of sp³-hybridized carbons (Fsp3) is 0.846. The third-order valence-corrected chi connectivity index (χ3v) is 3.89. The zero-order valence-corrected chi connectivity index (χ0v) is 12.7.